The molecule has 4 rings (SSSR count). The second-order valence-electron chi connectivity index (χ2n) is 8.33. The van der Waals surface area contributed by atoms with Gasteiger partial charge in [0, 0.05) is 17.5 Å². The van der Waals surface area contributed by atoms with Crippen LogP contribution in [0.2, 0.25) is 5.02 Å². The maximum Gasteiger partial charge on any atom is 0.223 e. The zero-order chi connectivity index (χ0) is 23.0. The van der Waals surface area contributed by atoms with Crippen LogP contribution in [0.3, 0.4) is 0 Å². The molecule has 0 aliphatic carbocycles. The summed E-state index contributed by atoms with van der Waals surface area (Å²) in [6.07, 6.45) is 1.57. The molecule has 0 bridgehead atoms. The molecule has 33 heavy (non-hydrogen) atoms. The minimum Gasteiger partial charge on any atom is -0.492 e. The maximum absolute atomic E-state index is 13.9. The van der Waals surface area contributed by atoms with Crippen LogP contribution in [0.25, 0.3) is 0 Å². The molecular formula is C27H28ClFN2O2. The van der Waals surface area contributed by atoms with Gasteiger partial charge in [-0.3, -0.25) is 9.69 Å². The number of amides is 1. The number of halogens is 2. The van der Waals surface area contributed by atoms with Gasteiger partial charge in [0.15, 0.2) is 0 Å². The third-order valence-corrected chi connectivity index (χ3v) is 6.30. The number of carbonyl (C=O) groups excluding carboxylic acids is 1. The summed E-state index contributed by atoms with van der Waals surface area (Å²) in [7, 11) is 0. The summed E-state index contributed by atoms with van der Waals surface area (Å²) < 4.78 is 19.7. The van der Waals surface area contributed by atoms with Crippen LogP contribution in [0.4, 0.5) is 4.39 Å². The van der Waals surface area contributed by atoms with Crippen molar-refractivity contribution in [2.45, 2.75) is 18.9 Å². The molecule has 1 fully saturated rings. The van der Waals surface area contributed by atoms with E-state index < -0.39 is 6.04 Å². The fourth-order valence-corrected chi connectivity index (χ4v) is 4.31. The fourth-order valence-electron chi connectivity index (χ4n) is 4.19. The predicted molar refractivity (Wildman–Crippen MR) is 129 cm³/mol. The number of nitrogens with one attached hydrogen (secondary N) is 1. The van der Waals surface area contributed by atoms with Crippen molar-refractivity contribution < 1.29 is 13.9 Å². The number of ether oxygens (including phenoxy) is 1. The van der Waals surface area contributed by atoms with Crippen molar-refractivity contribution >= 4 is 17.5 Å². The first kappa shape index (κ1) is 23.3. The standard InChI is InChI=1S/C27H28ClFN2O2/c28-23-11-9-20(10-12-23)26(22-5-4-6-24(29)19-22)30-27(32)21-13-15-31(16-14-21)17-18-33-25-7-2-1-3-8-25/h1-12,19,21,26H,13-18H2,(H,30,32). The molecule has 1 atom stereocenters. The Labute approximate surface area is 199 Å². The van der Waals surface area contributed by atoms with E-state index in [1.165, 1.54) is 12.1 Å². The van der Waals surface area contributed by atoms with E-state index in [1.807, 2.05) is 48.5 Å². The van der Waals surface area contributed by atoms with Crippen LogP contribution >= 0.6 is 11.6 Å². The van der Waals surface area contributed by atoms with Gasteiger partial charge in [0.05, 0.1) is 6.04 Å². The molecule has 0 saturated carbocycles. The van der Waals surface area contributed by atoms with Crippen molar-refractivity contribution in [3.05, 3.63) is 101 Å². The van der Waals surface area contributed by atoms with Crippen molar-refractivity contribution in [2.75, 3.05) is 26.2 Å². The van der Waals surface area contributed by atoms with Crippen molar-refractivity contribution in [2.24, 2.45) is 5.92 Å². The number of hydrogen-bond donors (Lipinski definition) is 1. The zero-order valence-electron chi connectivity index (χ0n) is 18.4. The molecule has 0 spiro atoms. The second kappa shape index (κ2) is 11.3. The summed E-state index contributed by atoms with van der Waals surface area (Å²) in [6.45, 7) is 3.16. The molecule has 1 amide bonds. The Hall–Kier alpha value is -2.89. The molecule has 0 aromatic heterocycles. The lowest BCUT2D eigenvalue weighted by atomic mass is 9.93. The lowest BCUT2D eigenvalue weighted by Crippen LogP contribution is -2.42. The van der Waals surface area contributed by atoms with Gasteiger partial charge >= 0.3 is 0 Å². The van der Waals surface area contributed by atoms with Crippen LogP contribution in [-0.4, -0.2) is 37.0 Å². The van der Waals surface area contributed by atoms with E-state index in [9.17, 15) is 9.18 Å². The summed E-state index contributed by atoms with van der Waals surface area (Å²) >= 11 is 6.04. The number of rotatable bonds is 8. The Morgan fingerprint density at radius 2 is 1.73 bits per heavy atom. The Morgan fingerprint density at radius 3 is 2.42 bits per heavy atom. The highest BCUT2D eigenvalue weighted by atomic mass is 35.5. The van der Waals surface area contributed by atoms with Gasteiger partial charge < -0.3 is 10.1 Å². The summed E-state index contributed by atoms with van der Waals surface area (Å²) in [5, 5.41) is 3.77. The maximum atomic E-state index is 13.9. The SMILES string of the molecule is O=C(NC(c1ccc(Cl)cc1)c1cccc(F)c1)C1CCN(CCOc2ccccc2)CC1. The van der Waals surface area contributed by atoms with Crippen LogP contribution in [0.5, 0.6) is 5.75 Å². The highest BCUT2D eigenvalue weighted by Gasteiger charge is 2.27. The summed E-state index contributed by atoms with van der Waals surface area (Å²) in [5.41, 5.74) is 1.58. The van der Waals surface area contributed by atoms with E-state index in [1.54, 1.807) is 18.2 Å². The van der Waals surface area contributed by atoms with Gasteiger partial charge in [-0.25, -0.2) is 4.39 Å². The first-order valence-electron chi connectivity index (χ1n) is 11.3. The normalized spacial score (nSPS) is 15.7. The van der Waals surface area contributed by atoms with E-state index in [0.29, 0.717) is 17.2 Å². The number of para-hydroxylation sites is 1. The molecule has 4 nitrogen and oxygen atoms in total. The van der Waals surface area contributed by atoms with Gasteiger partial charge in [0.25, 0.3) is 0 Å². The van der Waals surface area contributed by atoms with Crippen molar-refractivity contribution in [3.63, 3.8) is 0 Å². The molecule has 1 aliphatic rings. The molecule has 6 heteroatoms. The zero-order valence-corrected chi connectivity index (χ0v) is 19.2. The van der Waals surface area contributed by atoms with E-state index >= 15 is 0 Å². The van der Waals surface area contributed by atoms with Crippen molar-refractivity contribution in [1.29, 1.82) is 0 Å². The summed E-state index contributed by atoms with van der Waals surface area (Å²) in [5.74, 6) is 0.475. The Bertz CT molecular complexity index is 1040. The topological polar surface area (TPSA) is 41.6 Å². The lowest BCUT2D eigenvalue weighted by Gasteiger charge is -2.32. The minimum absolute atomic E-state index is 0.000559. The second-order valence-corrected chi connectivity index (χ2v) is 8.76. The lowest BCUT2D eigenvalue weighted by molar-refractivity contribution is -0.127. The number of carbonyl (C=O) groups is 1. The molecule has 1 aliphatic heterocycles. The molecule has 172 valence electrons. The largest absolute Gasteiger partial charge is 0.492 e. The molecule has 0 radical (unpaired) electrons. The third kappa shape index (κ3) is 6.56. The number of piperidine rings is 1. The number of hydrogen-bond acceptors (Lipinski definition) is 3. The molecule has 1 heterocycles. The minimum atomic E-state index is -0.428. The van der Waals surface area contributed by atoms with Gasteiger partial charge in [0.1, 0.15) is 18.2 Å². The molecule has 3 aromatic rings. The van der Waals surface area contributed by atoms with Crippen molar-refractivity contribution in [3.8, 4) is 5.75 Å². The van der Waals surface area contributed by atoms with Gasteiger partial charge in [0.2, 0.25) is 5.91 Å². The van der Waals surface area contributed by atoms with E-state index in [2.05, 4.69) is 10.2 Å². The first-order chi connectivity index (χ1) is 16.1. The van der Waals surface area contributed by atoms with E-state index in [4.69, 9.17) is 16.3 Å². The predicted octanol–water partition coefficient (Wildman–Crippen LogP) is 5.48. The summed E-state index contributed by atoms with van der Waals surface area (Å²) in [4.78, 5) is 15.5. The van der Waals surface area contributed by atoms with Gasteiger partial charge in [-0.1, -0.05) is 54.1 Å². The van der Waals surface area contributed by atoms with Crippen LogP contribution < -0.4 is 10.1 Å². The van der Waals surface area contributed by atoms with Crippen LogP contribution in [0.1, 0.15) is 30.0 Å². The molecule has 1 unspecified atom stereocenters. The Balaban J connectivity index is 1.33. The average molecular weight is 467 g/mol. The van der Waals surface area contributed by atoms with E-state index in [-0.39, 0.29) is 17.6 Å². The highest BCUT2D eigenvalue weighted by Crippen LogP contribution is 2.26. The average Bonchev–Trinajstić information content (AvgIpc) is 2.84. The first-order valence-corrected chi connectivity index (χ1v) is 11.7. The monoisotopic (exact) mass is 466 g/mol. The van der Waals surface area contributed by atoms with Gasteiger partial charge in [-0.15, -0.1) is 0 Å². The van der Waals surface area contributed by atoms with E-state index in [0.717, 1.165) is 43.8 Å². The third-order valence-electron chi connectivity index (χ3n) is 6.05. The van der Waals surface area contributed by atoms with Gasteiger partial charge in [-0.05, 0) is 73.5 Å². The fraction of sp³-hybridized carbons (Fsp3) is 0.296. The van der Waals surface area contributed by atoms with Crippen LogP contribution in [0.15, 0.2) is 78.9 Å². The smallest absolute Gasteiger partial charge is 0.223 e. The number of nitrogens with zero attached hydrogens (tertiary/aromatic N) is 1. The van der Waals surface area contributed by atoms with Crippen LogP contribution in [0, 0.1) is 11.7 Å². The number of likely N-dealkylation sites (tertiary alicyclic amines) is 1. The molecule has 1 saturated heterocycles. The Kier molecular flexibility index (Phi) is 7.97. The highest BCUT2D eigenvalue weighted by molar-refractivity contribution is 6.30. The Morgan fingerprint density at radius 1 is 1.00 bits per heavy atom. The van der Waals surface area contributed by atoms with Crippen LogP contribution in [-0.2, 0) is 4.79 Å². The van der Waals surface area contributed by atoms with Crippen molar-refractivity contribution in [1.82, 2.24) is 10.2 Å². The molecule has 3 aromatic carbocycles. The molecule has 1 N–H and O–H groups in total. The quantitative estimate of drug-likeness (QED) is 0.478. The molecular weight excluding hydrogens is 439 g/mol. The van der Waals surface area contributed by atoms with Gasteiger partial charge in [-0.2, -0.15) is 0 Å². The summed E-state index contributed by atoms with van der Waals surface area (Å²) in [6, 6.07) is 23.0. The number of benzene rings is 3.